The summed E-state index contributed by atoms with van der Waals surface area (Å²) in [4.78, 5) is 17.5. The van der Waals surface area contributed by atoms with Gasteiger partial charge in [-0.3, -0.25) is 4.79 Å². The first-order chi connectivity index (χ1) is 14.5. The third kappa shape index (κ3) is 3.91. The molecule has 0 bridgehead atoms. The zero-order valence-electron chi connectivity index (χ0n) is 16.6. The number of fused-ring (bicyclic) bond motifs is 1. The predicted molar refractivity (Wildman–Crippen MR) is 119 cm³/mol. The average Bonchev–Trinajstić information content (AvgIpc) is 3.15. The lowest BCUT2D eigenvalue weighted by molar-refractivity contribution is 0.0952. The molecule has 4 aromatic rings. The number of halogens is 2. The van der Waals surface area contributed by atoms with Crippen LogP contribution in [-0.4, -0.2) is 20.5 Å². The van der Waals surface area contributed by atoms with Crippen LogP contribution in [0.5, 0.6) is 0 Å². The molecule has 1 amide bonds. The molecule has 0 saturated carbocycles. The third-order valence-electron chi connectivity index (χ3n) is 5.18. The molecule has 1 N–H and O–H groups in total. The lowest BCUT2D eigenvalue weighted by atomic mass is 10.0. The SMILES string of the molecule is Cc1nc2c(C(=O)NCc3ccccc3Cl)cnn2c(C)c1Cc1ccccc1Cl. The monoisotopic (exact) mass is 438 g/mol. The summed E-state index contributed by atoms with van der Waals surface area (Å²) in [5.74, 6) is -0.241. The minimum absolute atomic E-state index is 0.241. The number of carbonyl (C=O) groups is 1. The van der Waals surface area contributed by atoms with E-state index in [9.17, 15) is 4.79 Å². The summed E-state index contributed by atoms with van der Waals surface area (Å²) < 4.78 is 1.71. The fraction of sp³-hybridized carbons (Fsp3) is 0.174. The van der Waals surface area contributed by atoms with Gasteiger partial charge in [-0.2, -0.15) is 5.10 Å². The van der Waals surface area contributed by atoms with Crippen LogP contribution in [0.15, 0.2) is 54.7 Å². The molecule has 0 aliphatic carbocycles. The van der Waals surface area contributed by atoms with E-state index in [2.05, 4.69) is 15.4 Å². The van der Waals surface area contributed by atoms with E-state index in [1.54, 1.807) is 16.8 Å². The summed E-state index contributed by atoms with van der Waals surface area (Å²) in [6.45, 7) is 4.25. The van der Waals surface area contributed by atoms with Crippen molar-refractivity contribution in [2.45, 2.75) is 26.8 Å². The van der Waals surface area contributed by atoms with Crippen LogP contribution in [0.4, 0.5) is 0 Å². The first-order valence-corrected chi connectivity index (χ1v) is 10.3. The Bertz CT molecular complexity index is 1250. The molecular formula is C23H20Cl2N4O. The summed E-state index contributed by atoms with van der Waals surface area (Å²) in [5, 5.41) is 8.65. The van der Waals surface area contributed by atoms with Gasteiger partial charge in [-0.15, -0.1) is 0 Å². The molecule has 0 unspecified atom stereocenters. The van der Waals surface area contributed by atoms with Crippen molar-refractivity contribution in [2.24, 2.45) is 0 Å². The molecule has 2 aromatic carbocycles. The number of carbonyl (C=O) groups excluding carboxylic acids is 1. The van der Waals surface area contributed by atoms with Crippen molar-refractivity contribution in [3.63, 3.8) is 0 Å². The summed E-state index contributed by atoms with van der Waals surface area (Å²) in [6, 6.07) is 15.2. The Morgan fingerprint density at radius 1 is 1.00 bits per heavy atom. The number of hydrogen-bond acceptors (Lipinski definition) is 3. The molecule has 0 saturated heterocycles. The zero-order chi connectivity index (χ0) is 21.3. The van der Waals surface area contributed by atoms with Crippen LogP contribution in [0.3, 0.4) is 0 Å². The molecule has 2 heterocycles. The maximum absolute atomic E-state index is 12.8. The van der Waals surface area contributed by atoms with Crippen LogP contribution in [0.1, 0.15) is 38.4 Å². The number of nitrogens with one attached hydrogen (secondary N) is 1. The van der Waals surface area contributed by atoms with Gasteiger partial charge >= 0.3 is 0 Å². The van der Waals surface area contributed by atoms with Gasteiger partial charge in [-0.05, 0) is 42.7 Å². The van der Waals surface area contributed by atoms with Gasteiger partial charge in [0, 0.05) is 34.4 Å². The molecule has 5 nitrogen and oxygen atoms in total. The molecule has 0 aliphatic rings. The molecule has 4 rings (SSSR count). The summed E-state index contributed by atoms with van der Waals surface area (Å²) in [6.07, 6.45) is 2.20. The molecule has 152 valence electrons. The van der Waals surface area contributed by atoms with Crippen LogP contribution >= 0.6 is 23.2 Å². The lowest BCUT2D eigenvalue weighted by Crippen LogP contribution is -2.23. The highest BCUT2D eigenvalue weighted by molar-refractivity contribution is 6.31. The molecule has 7 heteroatoms. The van der Waals surface area contributed by atoms with Gasteiger partial charge in [0.05, 0.1) is 6.20 Å². The van der Waals surface area contributed by atoms with Crippen LogP contribution in [-0.2, 0) is 13.0 Å². The van der Waals surface area contributed by atoms with Gasteiger partial charge in [0.1, 0.15) is 5.56 Å². The van der Waals surface area contributed by atoms with Gasteiger partial charge in [-0.25, -0.2) is 9.50 Å². The van der Waals surface area contributed by atoms with Crippen LogP contribution in [0.25, 0.3) is 5.65 Å². The Hall–Kier alpha value is -2.89. The van der Waals surface area contributed by atoms with Crippen LogP contribution < -0.4 is 5.32 Å². The molecule has 0 fully saturated rings. The topological polar surface area (TPSA) is 59.3 Å². The highest BCUT2D eigenvalue weighted by Gasteiger charge is 2.19. The number of aromatic nitrogens is 3. The molecule has 30 heavy (non-hydrogen) atoms. The zero-order valence-corrected chi connectivity index (χ0v) is 18.1. The second-order valence-corrected chi connectivity index (χ2v) is 7.91. The predicted octanol–water partition coefficient (Wildman–Crippen LogP) is 5.17. The van der Waals surface area contributed by atoms with E-state index in [0.29, 0.717) is 29.2 Å². The number of hydrogen-bond donors (Lipinski definition) is 1. The molecule has 2 aromatic heterocycles. The summed E-state index contributed by atoms with van der Waals surface area (Å²) in [5.41, 5.74) is 5.66. The Morgan fingerprint density at radius 3 is 2.30 bits per heavy atom. The molecule has 0 spiro atoms. The van der Waals surface area contributed by atoms with Crippen molar-refractivity contribution in [2.75, 3.05) is 0 Å². The van der Waals surface area contributed by atoms with E-state index in [0.717, 1.165) is 33.1 Å². The van der Waals surface area contributed by atoms with Crippen LogP contribution in [0.2, 0.25) is 10.0 Å². The van der Waals surface area contributed by atoms with E-state index in [-0.39, 0.29) is 5.91 Å². The minimum atomic E-state index is -0.241. The number of aryl methyl sites for hydroxylation is 2. The fourth-order valence-corrected chi connectivity index (χ4v) is 3.88. The van der Waals surface area contributed by atoms with Gasteiger partial charge in [0.2, 0.25) is 0 Å². The molecule has 0 atom stereocenters. The second-order valence-electron chi connectivity index (χ2n) is 7.10. The normalized spacial score (nSPS) is 11.1. The number of benzene rings is 2. The highest BCUT2D eigenvalue weighted by atomic mass is 35.5. The summed E-state index contributed by atoms with van der Waals surface area (Å²) in [7, 11) is 0. The Morgan fingerprint density at radius 2 is 1.63 bits per heavy atom. The molecule has 0 aliphatic heterocycles. The van der Waals surface area contributed by atoms with E-state index in [1.165, 1.54) is 0 Å². The van der Waals surface area contributed by atoms with E-state index in [1.807, 2.05) is 56.3 Å². The summed E-state index contributed by atoms with van der Waals surface area (Å²) >= 11 is 12.5. The minimum Gasteiger partial charge on any atom is -0.348 e. The van der Waals surface area contributed by atoms with Crippen molar-refractivity contribution < 1.29 is 4.79 Å². The molecule has 0 radical (unpaired) electrons. The average molecular weight is 439 g/mol. The van der Waals surface area contributed by atoms with Gasteiger partial charge in [0.15, 0.2) is 5.65 Å². The standard InChI is InChI=1S/C23H20Cl2N4O/c1-14-18(11-16-7-3-5-9-20(16)24)15(2)29-22(28-14)19(13-27-29)23(30)26-12-17-8-4-6-10-21(17)25/h3-10,13H,11-12H2,1-2H3,(H,26,30). The van der Waals surface area contributed by atoms with Crippen molar-refractivity contribution in [3.8, 4) is 0 Å². The van der Waals surface area contributed by atoms with Crippen molar-refractivity contribution >= 4 is 34.8 Å². The van der Waals surface area contributed by atoms with E-state index >= 15 is 0 Å². The van der Waals surface area contributed by atoms with Crippen LogP contribution in [0, 0.1) is 13.8 Å². The van der Waals surface area contributed by atoms with E-state index < -0.39 is 0 Å². The third-order valence-corrected chi connectivity index (χ3v) is 5.91. The van der Waals surface area contributed by atoms with Crippen molar-refractivity contribution in [1.29, 1.82) is 0 Å². The van der Waals surface area contributed by atoms with Gasteiger partial charge in [-0.1, -0.05) is 59.6 Å². The maximum atomic E-state index is 12.8. The first-order valence-electron chi connectivity index (χ1n) is 9.54. The largest absolute Gasteiger partial charge is 0.348 e. The fourth-order valence-electron chi connectivity index (χ4n) is 3.47. The Labute approximate surface area is 184 Å². The first kappa shape index (κ1) is 20.4. The number of nitrogens with zero attached hydrogens (tertiary/aromatic N) is 3. The number of rotatable bonds is 5. The smallest absolute Gasteiger partial charge is 0.257 e. The Balaban J connectivity index is 1.63. The maximum Gasteiger partial charge on any atom is 0.257 e. The van der Waals surface area contributed by atoms with E-state index in [4.69, 9.17) is 23.2 Å². The molecular weight excluding hydrogens is 419 g/mol. The quantitative estimate of drug-likeness (QED) is 0.467. The highest BCUT2D eigenvalue weighted by Crippen LogP contribution is 2.24. The van der Waals surface area contributed by atoms with Crippen molar-refractivity contribution in [1.82, 2.24) is 19.9 Å². The van der Waals surface area contributed by atoms with Crippen molar-refractivity contribution in [3.05, 3.63) is 98.4 Å². The second kappa shape index (κ2) is 8.46. The van der Waals surface area contributed by atoms with Gasteiger partial charge in [0.25, 0.3) is 5.91 Å². The van der Waals surface area contributed by atoms with Gasteiger partial charge < -0.3 is 5.32 Å². The number of amides is 1. The Kier molecular flexibility index (Phi) is 5.75. The lowest BCUT2D eigenvalue weighted by Gasteiger charge is -2.12.